The van der Waals surface area contributed by atoms with Gasteiger partial charge in [0.1, 0.15) is 0 Å². The van der Waals surface area contributed by atoms with Gasteiger partial charge in [-0.1, -0.05) is 51.8 Å². The molecule has 1 amide bonds. The third-order valence-electron chi connectivity index (χ3n) is 3.61. The Morgan fingerprint density at radius 2 is 1.80 bits per heavy atom. The molecule has 2 nitrogen and oxygen atoms in total. The topological polar surface area (TPSA) is 29.1 Å². The molecule has 1 N–H and O–H groups in total. The van der Waals surface area contributed by atoms with Crippen LogP contribution in [0.15, 0.2) is 46.9 Å². The van der Waals surface area contributed by atoms with Crippen molar-refractivity contribution >= 4 is 39.1 Å². The summed E-state index contributed by atoms with van der Waals surface area (Å²) in [5.41, 5.74) is 3.20. The van der Waals surface area contributed by atoms with E-state index in [-0.39, 0.29) is 11.8 Å². The predicted molar refractivity (Wildman–Crippen MR) is 85.1 cm³/mol. The number of rotatable bonds is 2. The number of halogens is 2. The van der Waals surface area contributed by atoms with Gasteiger partial charge in [-0.2, -0.15) is 0 Å². The second-order valence-electron chi connectivity index (χ2n) is 4.99. The highest BCUT2D eigenvalue weighted by Crippen LogP contribution is 2.30. The third kappa shape index (κ3) is 2.74. The lowest BCUT2D eigenvalue weighted by Gasteiger charge is -2.12. The zero-order chi connectivity index (χ0) is 14.1. The summed E-state index contributed by atoms with van der Waals surface area (Å²) in [7, 11) is 0. The number of carbonyl (C=O) groups excluding carboxylic acids is 1. The molecule has 3 rings (SSSR count). The van der Waals surface area contributed by atoms with E-state index < -0.39 is 0 Å². The minimum atomic E-state index is -0.0116. The summed E-state index contributed by atoms with van der Waals surface area (Å²) in [5, 5.41) is 3.48. The third-order valence-corrected chi connectivity index (χ3v) is 4.43. The number of benzene rings is 2. The highest BCUT2D eigenvalue weighted by atomic mass is 79.9. The second kappa shape index (κ2) is 5.58. The lowest BCUT2D eigenvalue weighted by atomic mass is 10.1. The highest BCUT2D eigenvalue weighted by molar-refractivity contribution is 9.10. The summed E-state index contributed by atoms with van der Waals surface area (Å²) in [6.07, 6.45) is 1.60. The molecule has 0 radical (unpaired) electrons. The van der Waals surface area contributed by atoms with Crippen molar-refractivity contribution in [2.75, 3.05) is 5.32 Å². The van der Waals surface area contributed by atoms with Crippen LogP contribution in [0, 0.1) is 5.92 Å². The van der Waals surface area contributed by atoms with Crippen molar-refractivity contribution in [1.29, 1.82) is 0 Å². The Kier molecular flexibility index (Phi) is 3.81. The number of hydrogen-bond acceptors (Lipinski definition) is 1. The largest absolute Gasteiger partial charge is 0.324 e. The van der Waals surface area contributed by atoms with E-state index in [1.54, 1.807) is 6.07 Å². The van der Waals surface area contributed by atoms with Gasteiger partial charge in [-0.3, -0.25) is 4.79 Å². The van der Waals surface area contributed by atoms with Gasteiger partial charge in [0.15, 0.2) is 0 Å². The molecular weight excluding hydrogens is 338 g/mol. The van der Waals surface area contributed by atoms with Gasteiger partial charge >= 0.3 is 0 Å². The number of fused-ring (bicyclic) bond motifs is 1. The molecule has 0 saturated heterocycles. The number of carbonyl (C=O) groups is 1. The van der Waals surface area contributed by atoms with Crippen molar-refractivity contribution in [2.24, 2.45) is 5.92 Å². The molecule has 0 atom stereocenters. The van der Waals surface area contributed by atoms with Gasteiger partial charge < -0.3 is 5.32 Å². The van der Waals surface area contributed by atoms with Gasteiger partial charge in [-0.05, 0) is 42.2 Å². The number of anilines is 1. The first-order valence-corrected chi connectivity index (χ1v) is 7.63. The summed E-state index contributed by atoms with van der Waals surface area (Å²) in [6, 6.07) is 13.7. The maximum Gasteiger partial charge on any atom is 0.228 e. The van der Waals surface area contributed by atoms with Gasteiger partial charge in [-0.25, -0.2) is 0 Å². The molecule has 102 valence electrons. The first-order valence-electron chi connectivity index (χ1n) is 6.46. The Balaban J connectivity index is 1.74. The molecule has 0 spiro atoms. The van der Waals surface area contributed by atoms with Crippen LogP contribution in [0.3, 0.4) is 0 Å². The predicted octanol–water partition coefficient (Wildman–Crippen LogP) is 4.46. The van der Waals surface area contributed by atoms with E-state index in [2.05, 4.69) is 33.4 Å². The van der Waals surface area contributed by atoms with Crippen LogP contribution in [0.25, 0.3) is 0 Å². The number of nitrogens with one attached hydrogen (secondary N) is 1. The molecule has 0 unspecified atom stereocenters. The molecule has 0 aromatic heterocycles. The molecule has 0 heterocycles. The van der Waals surface area contributed by atoms with E-state index in [0.29, 0.717) is 10.7 Å². The molecule has 0 fully saturated rings. The Labute approximate surface area is 131 Å². The zero-order valence-corrected chi connectivity index (χ0v) is 13.0. The summed E-state index contributed by atoms with van der Waals surface area (Å²) < 4.78 is 0.895. The van der Waals surface area contributed by atoms with Crippen LogP contribution in [0.4, 0.5) is 5.69 Å². The standard InChI is InChI=1S/C16H13BrClNO/c17-13-5-6-14(18)15(9-13)19-16(20)12-7-10-3-1-2-4-11(10)8-12/h1-6,9,12H,7-8H2,(H,19,20). The van der Waals surface area contributed by atoms with Crippen LogP contribution < -0.4 is 5.32 Å². The maximum atomic E-state index is 12.4. The molecule has 0 bridgehead atoms. The fraction of sp³-hybridized carbons (Fsp3) is 0.188. The Hall–Kier alpha value is -1.32. The van der Waals surface area contributed by atoms with Crippen molar-refractivity contribution in [3.63, 3.8) is 0 Å². The molecule has 1 aliphatic carbocycles. The monoisotopic (exact) mass is 349 g/mol. The van der Waals surface area contributed by atoms with E-state index in [0.717, 1.165) is 17.3 Å². The molecule has 20 heavy (non-hydrogen) atoms. The quantitative estimate of drug-likeness (QED) is 0.851. The lowest BCUT2D eigenvalue weighted by molar-refractivity contribution is -0.119. The van der Waals surface area contributed by atoms with Crippen LogP contribution in [-0.2, 0) is 17.6 Å². The van der Waals surface area contributed by atoms with Crippen LogP contribution >= 0.6 is 27.5 Å². The van der Waals surface area contributed by atoms with E-state index in [1.807, 2.05) is 24.3 Å². The zero-order valence-electron chi connectivity index (χ0n) is 10.7. The van der Waals surface area contributed by atoms with E-state index in [4.69, 9.17) is 11.6 Å². The molecule has 0 saturated carbocycles. The highest BCUT2D eigenvalue weighted by Gasteiger charge is 2.27. The smallest absolute Gasteiger partial charge is 0.228 e. The van der Waals surface area contributed by atoms with Gasteiger partial charge in [-0.15, -0.1) is 0 Å². The lowest BCUT2D eigenvalue weighted by Crippen LogP contribution is -2.23. The molecule has 0 aliphatic heterocycles. The second-order valence-corrected chi connectivity index (χ2v) is 6.31. The van der Waals surface area contributed by atoms with E-state index in [9.17, 15) is 4.79 Å². The summed E-state index contributed by atoms with van der Waals surface area (Å²) >= 11 is 9.48. The summed E-state index contributed by atoms with van der Waals surface area (Å²) in [4.78, 5) is 12.4. The number of amides is 1. The Morgan fingerprint density at radius 3 is 2.45 bits per heavy atom. The van der Waals surface area contributed by atoms with Gasteiger partial charge in [0.25, 0.3) is 0 Å². The maximum absolute atomic E-state index is 12.4. The van der Waals surface area contributed by atoms with Crippen molar-refractivity contribution in [2.45, 2.75) is 12.8 Å². The summed E-state index contributed by atoms with van der Waals surface area (Å²) in [6.45, 7) is 0. The van der Waals surface area contributed by atoms with Crippen LogP contribution in [0.5, 0.6) is 0 Å². The normalized spacial score (nSPS) is 14.1. The average Bonchev–Trinajstić information content (AvgIpc) is 2.87. The van der Waals surface area contributed by atoms with Gasteiger partial charge in [0.05, 0.1) is 10.7 Å². The van der Waals surface area contributed by atoms with Crippen molar-refractivity contribution < 1.29 is 4.79 Å². The van der Waals surface area contributed by atoms with Crippen molar-refractivity contribution in [3.05, 3.63) is 63.1 Å². The van der Waals surface area contributed by atoms with Crippen LogP contribution in [0.2, 0.25) is 5.02 Å². The Bertz CT molecular complexity index is 646. The van der Waals surface area contributed by atoms with Gasteiger partial charge in [0, 0.05) is 10.4 Å². The van der Waals surface area contributed by atoms with Crippen LogP contribution in [0.1, 0.15) is 11.1 Å². The minimum Gasteiger partial charge on any atom is -0.324 e. The van der Waals surface area contributed by atoms with Crippen LogP contribution in [-0.4, -0.2) is 5.91 Å². The SMILES string of the molecule is O=C(Nc1cc(Br)ccc1Cl)C1Cc2ccccc2C1. The first kappa shape index (κ1) is 13.7. The first-order chi connectivity index (χ1) is 9.63. The summed E-state index contributed by atoms with van der Waals surface area (Å²) in [5.74, 6) is 0.0173. The molecule has 2 aromatic rings. The van der Waals surface area contributed by atoms with Gasteiger partial charge in [0.2, 0.25) is 5.91 Å². The number of hydrogen-bond donors (Lipinski definition) is 1. The van der Waals surface area contributed by atoms with E-state index in [1.165, 1.54) is 11.1 Å². The van der Waals surface area contributed by atoms with Crippen molar-refractivity contribution in [1.82, 2.24) is 0 Å². The molecule has 2 aromatic carbocycles. The fourth-order valence-electron chi connectivity index (χ4n) is 2.57. The molecule has 4 heteroatoms. The Morgan fingerprint density at radius 1 is 1.15 bits per heavy atom. The minimum absolute atomic E-state index is 0.0116. The molecule has 1 aliphatic rings. The fourth-order valence-corrected chi connectivity index (χ4v) is 3.10. The van der Waals surface area contributed by atoms with E-state index >= 15 is 0 Å². The van der Waals surface area contributed by atoms with Crippen molar-refractivity contribution in [3.8, 4) is 0 Å². The molecular formula is C16H13BrClNO. The average molecular weight is 351 g/mol.